The average Bonchev–Trinajstić information content (AvgIpc) is 2.46. The summed E-state index contributed by atoms with van der Waals surface area (Å²) >= 11 is 0. The molecule has 9 heteroatoms. The van der Waals surface area contributed by atoms with Gasteiger partial charge in [0.2, 0.25) is 0 Å². The summed E-state index contributed by atoms with van der Waals surface area (Å²) in [5, 5.41) is 27.7. The molecule has 0 saturated heterocycles. The van der Waals surface area contributed by atoms with Crippen LogP contribution < -0.4 is 16.4 Å². The standard InChI is InChI=1S/C12H13N5O4/c1-14-12-10(17(20)21)8(7-5-3-2-4-6-7)9(16(18)19)11(13)15-12/h2-6,8,14-15H,13H2,1H3. The average molecular weight is 291 g/mol. The fourth-order valence-electron chi connectivity index (χ4n) is 2.24. The Hall–Kier alpha value is -3.10. The second-order valence-corrected chi connectivity index (χ2v) is 4.29. The van der Waals surface area contributed by atoms with Gasteiger partial charge >= 0.3 is 11.4 Å². The molecule has 9 nitrogen and oxygen atoms in total. The summed E-state index contributed by atoms with van der Waals surface area (Å²) in [7, 11) is 1.47. The third kappa shape index (κ3) is 2.48. The predicted octanol–water partition coefficient (Wildman–Crippen LogP) is 0.443. The summed E-state index contributed by atoms with van der Waals surface area (Å²) in [4.78, 5) is 21.3. The number of nitrogens with zero attached hydrogens (tertiary/aromatic N) is 2. The van der Waals surface area contributed by atoms with E-state index in [0.717, 1.165) is 0 Å². The van der Waals surface area contributed by atoms with E-state index < -0.39 is 21.5 Å². The van der Waals surface area contributed by atoms with Crippen molar-refractivity contribution in [1.29, 1.82) is 0 Å². The van der Waals surface area contributed by atoms with Crippen molar-refractivity contribution in [3.8, 4) is 0 Å². The first-order valence-electron chi connectivity index (χ1n) is 5.99. The molecule has 1 aliphatic rings. The fraction of sp³-hybridized carbons (Fsp3) is 0.167. The lowest BCUT2D eigenvalue weighted by atomic mass is 9.90. The van der Waals surface area contributed by atoms with E-state index in [0.29, 0.717) is 5.56 Å². The summed E-state index contributed by atoms with van der Waals surface area (Å²) in [5.41, 5.74) is 5.31. The highest BCUT2D eigenvalue weighted by Crippen LogP contribution is 2.36. The Kier molecular flexibility index (Phi) is 3.74. The number of hydrogen-bond acceptors (Lipinski definition) is 7. The van der Waals surface area contributed by atoms with Crippen LogP contribution >= 0.6 is 0 Å². The van der Waals surface area contributed by atoms with Crippen LogP contribution in [0.25, 0.3) is 0 Å². The number of nitrogens with two attached hydrogens (primary N) is 1. The zero-order valence-electron chi connectivity index (χ0n) is 11.1. The van der Waals surface area contributed by atoms with Gasteiger partial charge in [-0.2, -0.15) is 0 Å². The molecule has 1 heterocycles. The molecule has 0 aromatic heterocycles. The van der Waals surface area contributed by atoms with Gasteiger partial charge in [0.05, 0.1) is 9.85 Å². The van der Waals surface area contributed by atoms with Gasteiger partial charge in [0.15, 0.2) is 17.6 Å². The molecule has 0 saturated carbocycles. The molecule has 0 radical (unpaired) electrons. The van der Waals surface area contributed by atoms with Gasteiger partial charge in [0.1, 0.15) is 0 Å². The Morgan fingerprint density at radius 2 is 1.71 bits per heavy atom. The maximum atomic E-state index is 11.4. The van der Waals surface area contributed by atoms with Gasteiger partial charge in [-0.15, -0.1) is 0 Å². The minimum absolute atomic E-state index is 0.0388. The topological polar surface area (TPSA) is 136 Å². The van der Waals surface area contributed by atoms with Crippen molar-refractivity contribution in [1.82, 2.24) is 10.6 Å². The van der Waals surface area contributed by atoms with E-state index >= 15 is 0 Å². The Labute approximate surface area is 119 Å². The molecule has 110 valence electrons. The maximum absolute atomic E-state index is 11.4. The summed E-state index contributed by atoms with van der Waals surface area (Å²) in [6, 6.07) is 8.20. The van der Waals surface area contributed by atoms with Crippen LogP contribution in [0.3, 0.4) is 0 Å². The van der Waals surface area contributed by atoms with E-state index in [4.69, 9.17) is 5.73 Å². The van der Waals surface area contributed by atoms with Crippen molar-refractivity contribution < 1.29 is 9.85 Å². The number of rotatable bonds is 4. The molecule has 1 unspecified atom stereocenters. The molecule has 21 heavy (non-hydrogen) atoms. The minimum Gasteiger partial charge on any atom is -0.380 e. The number of nitro groups is 2. The largest absolute Gasteiger partial charge is 0.380 e. The quantitative estimate of drug-likeness (QED) is 0.540. The van der Waals surface area contributed by atoms with Crippen LogP contribution in [0.4, 0.5) is 0 Å². The van der Waals surface area contributed by atoms with E-state index in [2.05, 4.69) is 10.6 Å². The second kappa shape index (κ2) is 5.49. The normalized spacial score (nSPS) is 18.2. The first kappa shape index (κ1) is 14.3. The summed E-state index contributed by atoms with van der Waals surface area (Å²) in [6.07, 6.45) is 0. The molecule has 0 amide bonds. The zero-order valence-corrected chi connectivity index (χ0v) is 11.1. The molecule has 0 spiro atoms. The SMILES string of the molecule is CNC1=C([N+](=O)[O-])C(c2ccccc2)C([N+](=O)[O-])=C(N)N1. The highest BCUT2D eigenvalue weighted by Gasteiger charge is 2.45. The first-order chi connectivity index (χ1) is 9.97. The van der Waals surface area contributed by atoms with Gasteiger partial charge in [-0.1, -0.05) is 30.3 Å². The third-order valence-corrected chi connectivity index (χ3v) is 3.11. The first-order valence-corrected chi connectivity index (χ1v) is 5.99. The fourth-order valence-corrected chi connectivity index (χ4v) is 2.24. The Balaban J connectivity index is 2.70. The molecule has 1 aliphatic heterocycles. The van der Waals surface area contributed by atoms with Crippen LogP contribution in [0.15, 0.2) is 53.4 Å². The van der Waals surface area contributed by atoms with Gasteiger partial charge in [-0.05, 0) is 5.56 Å². The van der Waals surface area contributed by atoms with Crippen LogP contribution in [-0.4, -0.2) is 16.9 Å². The van der Waals surface area contributed by atoms with Gasteiger partial charge in [-0.25, -0.2) is 0 Å². The summed E-state index contributed by atoms with van der Waals surface area (Å²) in [5.74, 6) is -1.33. The zero-order chi connectivity index (χ0) is 15.6. The van der Waals surface area contributed by atoms with Crippen LogP contribution in [0.5, 0.6) is 0 Å². The van der Waals surface area contributed by atoms with Crippen LogP contribution in [0.2, 0.25) is 0 Å². The Bertz CT molecular complexity index is 653. The Morgan fingerprint density at radius 1 is 1.14 bits per heavy atom. The summed E-state index contributed by atoms with van der Waals surface area (Å²) < 4.78 is 0. The lowest BCUT2D eigenvalue weighted by Gasteiger charge is -2.22. The van der Waals surface area contributed by atoms with Crippen molar-refractivity contribution in [2.24, 2.45) is 5.73 Å². The van der Waals surface area contributed by atoms with Gasteiger partial charge in [0.25, 0.3) is 0 Å². The monoisotopic (exact) mass is 291 g/mol. The van der Waals surface area contributed by atoms with Crippen molar-refractivity contribution in [2.75, 3.05) is 7.05 Å². The smallest absolute Gasteiger partial charge is 0.304 e. The lowest BCUT2D eigenvalue weighted by molar-refractivity contribution is -0.457. The van der Waals surface area contributed by atoms with E-state index in [1.807, 2.05) is 0 Å². The van der Waals surface area contributed by atoms with Gasteiger partial charge in [-0.3, -0.25) is 20.2 Å². The molecule has 4 N–H and O–H groups in total. The van der Waals surface area contributed by atoms with Gasteiger partial charge < -0.3 is 16.4 Å². The van der Waals surface area contributed by atoms with Crippen molar-refractivity contribution in [3.05, 3.63) is 79.2 Å². The van der Waals surface area contributed by atoms with E-state index in [1.165, 1.54) is 7.05 Å². The van der Waals surface area contributed by atoms with Gasteiger partial charge in [0, 0.05) is 7.05 Å². The Morgan fingerprint density at radius 3 is 2.19 bits per heavy atom. The molecule has 1 atom stereocenters. The third-order valence-electron chi connectivity index (χ3n) is 3.11. The lowest BCUT2D eigenvalue weighted by Crippen LogP contribution is -2.39. The minimum atomic E-state index is -1.15. The molecule has 1 aromatic rings. The molecule has 0 bridgehead atoms. The highest BCUT2D eigenvalue weighted by molar-refractivity contribution is 5.40. The summed E-state index contributed by atoms with van der Waals surface area (Å²) in [6.45, 7) is 0. The molecule has 0 fully saturated rings. The van der Waals surface area contributed by atoms with Crippen LogP contribution in [0.1, 0.15) is 11.5 Å². The molecule has 2 rings (SSSR count). The number of nitrogens with one attached hydrogen (secondary N) is 2. The maximum Gasteiger partial charge on any atom is 0.304 e. The number of dihydropyridines is 1. The van der Waals surface area contributed by atoms with Crippen molar-refractivity contribution in [2.45, 2.75) is 5.92 Å². The molecular formula is C12H13N5O4. The van der Waals surface area contributed by atoms with E-state index in [1.54, 1.807) is 30.3 Å². The van der Waals surface area contributed by atoms with Crippen LogP contribution in [0, 0.1) is 20.2 Å². The van der Waals surface area contributed by atoms with Crippen molar-refractivity contribution >= 4 is 0 Å². The van der Waals surface area contributed by atoms with Crippen LogP contribution in [-0.2, 0) is 0 Å². The van der Waals surface area contributed by atoms with E-state index in [-0.39, 0.29) is 17.3 Å². The van der Waals surface area contributed by atoms with Crippen molar-refractivity contribution in [3.63, 3.8) is 0 Å². The predicted molar refractivity (Wildman–Crippen MR) is 73.6 cm³/mol. The second-order valence-electron chi connectivity index (χ2n) is 4.29. The molecule has 0 aliphatic carbocycles. The number of benzene rings is 1. The highest BCUT2D eigenvalue weighted by atomic mass is 16.6. The number of hydrogen-bond donors (Lipinski definition) is 3. The molecule has 1 aromatic carbocycles. The molecular weight excluding hydrogens is 278 g/mol. The van der Waals surface area contributed by atoms with E-state index in [9.17, 15) is 20.2 Å².